The van der Waals surface area contributed by atoms with E-state index in [9.17, 15) is 0 Å². The summed E-state index contributed by atoms with van der Waals surface area (Å²) in [6, 6.07) is 0. The number of alkyl halides is 1. The van der Waals surface area contributed by atoms with Crippen LogP contribution in [0.1, 0.15) is 0 Å². The van der Waals surface area contributed by atoms with Crippen LogP contribution in [0, 0.1) is 0 Å². The quantitative estimate of drug-likeness (QED) is 0.209. The molecule has 0 aliphatic heterocycles. The lowest BCUT2D eigenvalue weighted by Gasteiger charge is -2.16. The molecular formula is C15H33ClO6Si. The van der Waals surface area contributed by atoms with E-state index in [4.69, 9.17) is 39.7 Å². The van der Waals surface area contributed by atoms with Crippen LogP contribution in [-0.2, 0) is 28.1 Å². The first kappa shape index (κ1) is 23.3. The molecule has 0 unspecified atom stereocenters. The highest BCUT2D eigenvalue weighted by molar-refractivity contribution is 6.69. The van der Waals surface area contributed by atoms with E-state index in [2.05, 4.69) is 19.6 Å². The van der Waals surface area contributed by atoms with E-state index >= 15 is 0 Å². The van der Waals surface area contributed by atoms with Crippen molar-refractivity contribution in [1.82, 2.24) is 0 Å². The van der Waals surface area contributed by atoms with Gasteiger partial charge in [0.25, 0.3) is 0 Å². The molecule has 0 aromatic carbocycles. The molecule has 0 aliphatic rings. The van der Waals surface area contributed by atoms with E-state index in [0.717, 1.165) is 0 Å². The Morgan fingerprint density at radius 3 is 1.13 bits per heavy atom. The van der Waals surface area contributed by atoms with E-state index in [0.29, 0.717) is 78.6 Å². The third-order valence-electron chi connectivity index (χ3n) is 2.47. The predicted octanol–water partition coefficient (Wildman–Crippen LogP) is 2.16. The van der Waals surface area contributed by atoms with Crippen LogP contribution in [0.3, 0.4) is 0 Å². The number of hydrogen-bond acceptors (Lipinski definition) is 6. The highest BCUT2D eigenvalue weighted by Crippen LogP contribution is 2.01. The monoisotopic (exact) mass is 372 g/mol. The Balaban J connectivity index is 3.00. The lowest BCUT2D eigenvalue weighted by atomic mass is 10.7. The summed E-state index contributed by atoms with van der Waals surface area (Å²) in [6.45, 7) is 12.9. The minimum Gasteiger partial charge on any atom is -0.415 e. The van der Waals surface area contributed by atoms with Gasteiger partial charge in [-0.25, -0.2) is 0 Å². The van der Waals surface area contributed by atoms with Crippen molar-refractivity contribution in [3.8, 4) is 0 Å². The van der Waals surface area contributed by atoms with Gasteiger partial charge in [-0.1, -0.05) is 0 Å². The van der Waals surface area contributed by atoms with Crippen molar-refractivity contribution in [2.45, 2.75) is 19.6 Å². The van der Waals surface area contributed by atoms with Gasteiger partial charge in [0.2, 0.25) is 0 Å². The van der Waals surface area contributed by atoms with Gasteiger partial charge in [0.05, 0.1) is 72.7 Å². The summed E-state index contributed by atoms with van der Waals surface area (Å²) in [5.41, 5.74) is 0. The van der Waals surface area contributed by atoms with Crippen LogP contribution in [0.2, 0.25) is 19.6 Å². The van der Waals surface area contributed by atoms with Gasteiger partial charge < -0.3 is 28.1 Å². The van der Waals surface area contributed by atoms with Crippen LogP contribution in [0.4, 0.5) is 0 Å². The van der Waals surface area contributed by atoms with Crippen LogP contribution in [0.5, 0.6) is 0 Å². The summed E-state index contributed by atoms with van der Waals surface area (Å²) in [5.74, 6) is 0.514. The third kappa shape index (κ3) is 22.3. The molecule has 0 saturated heterocycles. The molecule has 0 aliphatic carbocycles. The van der Waals surface area contributed by atoms with Gasteiger partial charge in [0, 0.05) is 5.88 Å². The van der Waals surface area contributed by atoms with E-state index in [1.165, 1.54) is 0 Å². The molecule has 0 saturated carbocycles. The van der Waals surface area contributed by atoms with Crippen LogP contribution < -0.4 is 0 Å². The molecule has 0 spiro atoms. The fraction of sp³-hybridized carbons (Fsp3) is 1.00. The molecule has 140 valence electrons. The van der Waals surface area contributed by atoms with E-state index in [-0.39, 0.29) is 0 Å². The lowest BCUT2D eigenvalue weighted by molar-refractivity contribution is -0.0120. The molecule has 0 radical (unpaired) electrons. The summed E-state index contributed by atoms with van der Waals surface area (Å²) in [5, 5.41) is 0. The molecule has 0 fully saturated rings. The number of rotatable bonds is 18. The second-order valence-electron chi connectivity index (χ2n) is 5.71. The maximum Gasteiger partial charge on any atom is 0.183 e. The first-order chi connectivity index (χ1) is 11.1. The Morgan fingerprint density at radius 1 is 0.522 bits per heavy atom. The highest BCUT2D eigenvalue weighted by Gasteiger charge is 2.12. The number of ether oxygens (including phenoxy) is 5. The lowest BCUT2D eigenvalue weighted by Crippen LogP contribution is -2.27. The van der Waals surface area contributed by atoms with Crippen molar-refractivity contribution < 1.29 is 28.1 Å². The van der Waals surface area contributed by atoms with Gasteiger partial charge in [0.15, 0.2) is 8.32 Å². The Bertz CT molecular complexity index is 240. The zero-order valence-corrected chi connectivity index (χ0v) is 16.6. The van der Waals surface area contributed by atoms with Crippen molar-refractivity contribution in [2.24, 2.45) is 0 Å². The predicted molar refractivity (Wildman–Crippen MR) is 94.1 cm³/mol. The van der Waals surface area contributed by atoms with Crippen molar-refractivity contribution in [2.75, 3.05) is 78.6 Å². The Morgan fingerprint density at radius 2 is 0.826 bits per heavy atom. The fourth-order valence-corrected chi connectivity index (χ4v) is 2.25. The smallest absolute Gasteiger partial charge is 0.183 e. The average molecular weight is 373 g/mol. The Kier molecular flexibility index (Phi) is 17.3. The van der Waals surface area contributed by atoms with Crippen LogP contribution in [0.15, 0.2) is 0 Å². The van der Waals surface area contributed by atoms with Gasteiger partial charge >= 0.3 is 0 Å². The van der Waals surface area contributed by atoms with Crippen molar-refractivity contribution in [3.63, 3.8) is 0 Å². The summed E-state index contributed by atoms with van der Waals surface area (Å²) in [7, 11) is -1.42. The molecule has 0 N–H and O–H groups in total. The zero-order valence-electron chi connectivity index (χ0n) is 14.8. The zero-order chi connectivity index (χ0) is 17.2. The maximum atomic E-state index is 5.68. The number of hydrogen-bond donors (Lipinski definition) is 0. The molecule has 0 aromatic heterocycles. The van der Waals surface area contributed by atoms with Gasteiger partial charge in [0.1, 0.15) is 0 Å². The van der Waals surface area contributed by atoms with E-state index < -0.39 is 8.32 Å². The average Bonchev–Trinajstić information content (AvgIpc) is 2.49. The first-order valence-electron chi connectivity index (χ1n) is 8.15. The van der Waals surface area contributed by atoms with Gasteiger partial charge in [-0.05, 0) is 19.6 Å². The molecule has 6 nitrogen and oxygen atoms in total. The van der Waals surface area contributed by atoms with Crippen LogP contribution >= 0.6 is 11.6 Å². The minimum atomic E-state index is -1.42. The van der Waals surface area contributed by atoms with Gasteiger partial charge in [-0.2, -0.15) is 0 Å². The molecule has 0 bridgehead atoms. The topological polar surface area (TPSA) is 55.4 Å². The van der Waals surface area contributed by atoms with Crippen molar-refractivity contribution >= 4 is 19.9 Å². The van der Waals surface area contributed by atoms with E-state index in [1.807, 2.05) is 0 Å². The van der Waals surface area contributed by atoms with Crippen molar-refractivity contribution in [3.05, 3.63) is 0 Å². The van der Waals surface area contributed by atoms with Crippen molar-refractivity contribution in [1.29, 1.82) is 0 Å². The molecule has 0 heterocycles. The molecule has 0 amide bonds. The molecule has 0 aromatic rings. The Labute approximate surface area is 146 Å². The van der Waals surface area contributed by atoms with Gasteiger partial charge in [-0.3, -0.25) is 0 Å². The summed E-state index contributed by atoms with van der Waals surface area (Å²) < 4.78 is 32.4. The number of halogens is 1. The fourth-order valence-electron chi connectivity index (χ4n) is 1.44. The SMILES string of the molecule is C[Si](C)(C)OCCOCCOCCOCCOCCOCCCl. The van der Waals surface area contributed by atoms with Crippen LogP contribution in [0.25, 0.3) is 0 Å². The Hall–Kier alpha value is 0.267. The molecule has 0 rings (SSSR count). The normalized spacial score (nSPS) is 12.0. The standard InChI is InChI=1S/C15H33ClO6Si/c1-23(2,3)22-15-14-21-13-12-20-11-10-19-9-8-18-7-6-17-5-4-16/h4-15H2,1-3H3. The highest BCUT2D eigenvalue weighted by atomic mass is 35.5. The van der Waals surface area contributed by atoms with Crippen LogP contribution in [-0.4, -0.2) is 86.9 Å². The summed E-state index contributed by atoms with van der Waals surface area (Å²) >= 11 is 5.47. The molecule has 0 atom stereocenters. The van der Waals surface area contributed by atoms with E-state index in [1.54, 1.807) is 0 Å². The first-order valence-corrected chi connectivity index (χ1v) is 12.1. The maximum absolute atomic E-state index is 5.68. The summed E-state index contributed by atoms with van der Waals surface area (Å²) in [4.78, 5) is 0. The second-order valence-corrected chi connectivity index (χ2v) is 10.6. The third-order valence-corrected chi connectivity index (χ3v) is 3.70. The molecule has 8 heteroatoms. The molecule has 23 heavy (non-hydrogen) atoms. The summed E-state index contributed by atoms with van der Waals surface area (Å²) in [6.07, 6.45) is 0. The second kappa shape index (κ2) is 17.1. The van der Waals surface area contributed by atoms with Gasteiger partial charge in [-0.15, -0.1) is 11.6 Å². The molecular weight excluding hydrogens is 340 g/mol. The largest absolute Gasteiger partial charge is 0.415 e. The minimum absolute atomic E-state index is 0.514.